The highest BCUT2D eigenvalue weighted by Gasteiger charge is 2.16. The maximum absolute atomic E-state index is 11.9. The van der Waals surface area contributed by atoms with Crippen LogP contribution >= 0.6 is 0 Å². The van der Waals surface area contributed by atoms with Crippen LogP contribution in [-0.2, 0) is 9.59 Å². The molecule has 1 aromatic heterocycles. The van der Waals surface area contributed by atoms with Crippen molar-refractivity contribution in [3.8, 4) is 11.5 Å². The Morgan fingerprint density at radius 2 is 1.44 bits per heavy atom. The van der Waals surface area contributed by atoms with Gasteiger partial charge in [0.25, 0.3) is 0 Å². The molecule has 0 fully saturated rings. The average Bonchev–Trinajstić information content (AvgIpc) is 2.95. The second-order valence-electron chi connectivity index (χ2n) is 5.82. The van der Waals surface area contributed by atoms with Crippen molar-refractivity contribution in [2.75, 3.05) is 0 Å². The van der Waals surface area contributed by atoms with Gasteiger partial charge in [0.15, 0.2) is 5.75 Å². The fraction of sp³-hybridized carbons (Fsp3) is 0.100. The predicted octanol–water partition coefficient (Wildman–Crippen LogP) is 4.28. The van der Waals surface area contributed by atoms with Crippen molar-refractivity contribution in [2.24, 2.45) is 0 Å². The standard InChI is InChI=1S/C20H17NO4/c1-11(2)19(22)24-15-9-6-8-14-17(15)13-7-5-10-16(18(13)21-14)25-20(23)12(3)4/h5-10,21H,1,3H2,2,4H3. The smallest absolute Gasteiger partial charge is 0.338 e. The second kappa shape index (κ2) is 6.28. The van der Waals surface area contributed by atoms with E-state index in [9.17, 15) is 9.59 Å². The van der Waals surface area contributed by atoms with Crippen LogP contribution in [0.4, 0.5) is 0 Å². The summed E-state index contributed by atoms with van der Waals surface area (Å²) in [5.74, 6) is -0.189. The van der Waals surface area contributed by atoms with Crippen LogP contribution in [0.25, 0.3) is 21.8 Å². The van der Waals surface area contributed by atoms with E-state index < -0.39 is 11.9 Å². The summed E-state index contributed by atoms with van der Waals surface area (Å²) in [4.78, 5) is 26.9. The number of aromatic amines is 1. The number of hydrogen-bond donors (Lipinski definition) is 1. The summed E-state index contributed by atoms with van der Waals surface area (Å²) >= 11 is 0. The van der Waals surface area contributed by atoms with E-state index in [0.29, 0.717) is 28.2 Å². The first-order chi connectivity index (χ1) is 11.9. The molecule has 25 heavy (non-hydrogen) atoms. The molecule has 0 aliphatic rings. The summed E-state index contributed by atoms with van der Waals surface area (Å²) < 4.78 is 10.8. The highest BCUT2D eigenvalue weighted by atomic mass is 16.5. The van der Waals surface area contributed by atoms with Crippen molar-refractivity contribution in [2.45, 2.75) is 13.8 Å². The lowest BCUT2D eigenvalue weighted by atomic mass is 10.1. The number of carbonyl (C=O) groups is 2. The number of carbonyl (C=O) groups excluding carboxylic acids is 2. The topological polar surface area (TPSA) is 68.4 Å². The summed E-state index contributed by atoms with van der Waals surface area (Å²) in [6.07, 6.45) is 0. The van der Waals surface area contributed by atoms with Gasteiger partial charge in [0, 0.05) is 16.5 Å². The molecule has 2 aromatic carbocycles. The monoisotopic (exact) mass is 335 g/mol. The van der Waals surface area contributed by atoms with Gasteiger partial charge in [-0.1, -0.05) is 31.4 Å². The number of H-pyrrole nitrogens is 1. The van der Waals surface area contributed by atoms with Gasteiger partial charge in [-0.15, -0.1) is 0 Å². The summed E-state index contributed by atoms with van der Waals surface area (Å²) in [6.45, 7) is 10.4. The van der Waals surface area contributed by atoms with E-state index >= 15 is 0 Å². The molecule has 0 aliphatic carbocycles. The zero-order chi connectivity index (χ0) is 18.1. The third-order valence-electron chi connectivity index (χ3n) is 3.68. The van der Waals surface area contributed by atoms with Crippen LogP contribution in [0.3, 0.4) is 0 Å². The molecular weight excluding hydrogens is 318 g/mol. The number of esters is 2. The Balaban J connectivity index is 2.17. The minimum atomic E-state index is -0.500. The third kappa shape index (κ3) is 3.04. The highest BCUT2D eigenvalue weighted by Crippen LogP contribution is 2.37. The van der Waals surface area contributed by atoms with Crippen LogP contribution in [0, 0.1) is 0 Å². The number of rotatable bonds is 4. The number of fused-ring (bicyclic) bond motifs is 3. The van der Waals surface area contributed by atoms with Crippen LogP contribution in [-0.4, -0.2) is 16.9 Å². The van der Waals surface area contributed by atoms with Crippen molar-refractivity contribution in [1.29, 1.82) is 0 Å². The molecule has 5 heteroatoms. The number of aromatic nitrogens is 1. The lowest BCUT2D eigenvalue weighted by Crippen LogP contribution is -2.08. The molecule has 0 unspecified atom stereocenters. The molecule has 0 aliphatic heterocycles. The van der Waals surface area contributed by atoms with Gasteiger partial charge in [0.1, 0.15) is 5.75 Å². The molecular formula is C20H17NO4. The van der Waals surface area contributed by atoms with E-state index in [2.05, 4.69) is 18.1 Å². The van der Waals surface area contributed by atoms with Gasteiger partial charge < -0.3 is 14.5 Å². The Labute approximate surface area is 144 Å². The van der Waals surface area contributed by atoms with E-state index in [0.717, 1.165) is 16.3 Å². The zero-order valence-corrected chi connectivity index (χ0v) is 14.0. The van der Waals surface area contributed by atoms with Crippen LogP contribution in [0.1, 0.15) is 13.8 Å². The molecule has 0 radical (unpaired) electrons. The fourth-order valence-corrected chi connectivity index (χ4v) is 2.46. The molecule has 5 nitrogen and oxygen atoms in total. The number of hydrogen-bond acceptors (Lipinski definition) is 4. The van der Waals surface area contributed by atoms with Gasteiger partial charge in [0.05, 0.1) is 16.4 Å². The Morgan fingerprint density at radius 3 is 2.08 bits per heavy atom. The molecule has 0 amide bonds. The van der Waals surface area contributed by atoms with Gasteiger partial charge in [-0.25, -0.2) is 9.59 Å². The summed E-state index contributed by atoms with van der Waals surface area (Å²) in [6, 6.07) is 10.7. The highest BCUT2D eigenvalue weighted by molar-refractivity contribution is 6.13. The molecule has 3 rings (SSSR count). The van der Waals surface area contributed by atoms with Crippen LogP contribution < -0.4 is 9.47 Å². The maximum Gasteiger partial charge on any atom is 0.338 e. The molecule has 1 N–H and O–H groups in total. The SMILES string of the molecule is C=C(C)C(=O)Oc1cccc2c1[nH]c1cccc(OC(=O)C(=C)C)c12. The normalized spacial score (nSPS) is 10.6. The van der Waals surface area contributed by atoms with E-state index in [1.165, 1.54) is 0 Å². The Kier molecular flexibility index (Phi) is 4.15. The van der Waals surface area contributed by atoms with E-state index in [1.54, 1.807) is 38.1 Å². The molecule has 0 saturated carbocycles. The first-order valence-corrected chi connectivity index (χ1v) is 7.67. The first-order valence-electron chi connectivity index (χ1n) is 7.67. The van der Waals surface area contributed by atoms with Gasteiger partial charge in [-0.3, -0.25) is 0 Å². The molecule has 126 valence electrons. The van der Waals surface area contributed by atoms with Crippen molar-refractivity contribution < 1.29 is 19.1 Å². The fourth-order valence-electron chi connectivity index (χ4n) is 2.46. The summed E-state index contributed by atoms with van der Waals surface area (Å²) in [5, 5.41) is 1.52. The second-order valence-corrected chi connectivity index (χ2v) is 5.82. The predicted molar refractivity (Wildman–Crippen MR) is 96.7 cm³/mol. The molecule has 0 atom stereocenters. The van der Waals surface area contributed by atoms with Gasteiger partial charge in [-0.05, 0) is 32.0 Å². The van der Waals surface area contributed by atoms with Crippen LogP contribution in [0.5, 0.6) is 11.5 Å². The summed E-state index contributed by atoms with van der Waals surface area (Å²) in [5.41, 5.74) is 2.03. The average molecular weight is 335 g/mol. The largest absolute Gasteiger partial charge is 0.422 e. The minimum absolute atomic E-state index is 0.309. The van der Waals surface area contributed by atoms with Crippen molar-refractivity contribution in [1.82, 2.24) is 4.98 Å². The first kappa shape index (κ1) is 16.5. The lowest BCUT2D eigenvalue weighted by molar-refractivity contribution is -0.130. The van der Waals surface area contributed by atoms with Gasteiger partial charge in [-0.2, -0.15) is 0 Å². The third-order valence-corrected chi connectivity index (χ3v) is 3.68. The van der Waals surface area contributed by atoms with E-state index in [-0.39, 0.29) is 0 Å². The Morgan fingerprint density at radius 1 is 0.880 bits per heavy atom. The number of nitrogens with one attached hydrogen (secondary N) is 1. The van der Waals surface area contributed by atoms with Crippen LogP contribution in [0.15, 0.2) is 60.7 Å². The molecule has 3 aromatic rings. The van der Waals surface area contributed by atoms with Gasteiger partial charge in [0.2, 0.25) is 0 Å². The molecule has 0 saturated heterocycles. The Hall–Kier alpha value is -3.34. The van der Waals surface area contributed by atoms with Gasteiger partial charge >= 0.3 is 11.9 Å². The summed E-state index contributed by atoms with van der Waals surface area (Å²) in [7, 11) is 0. The minimum Gasteiger partial charge on any atom is -0.422 e. The zero-order valence-electron chi connectivity index (χ0n) is 14.0. The van der Waals surface area contributed by atoms with E-state index in [4.69, 9.17) is 9.47 Å². The number of benzene rings is 2. The lowest BCUT2D eigenvalue weighted by Gasteiger charge is -2.06. The van der Waals surface area contributed by atoms with E-state index in [1.807, 2.05) is 12.1 Å². The van der Waals surface area contributed by atoms with Crippen LogP contribution in [0.2, 0.25) is 0 Å². The maximum atomic E-state index is 11.9. The quantitative estimate of drug-likeness (QED) is 0.439. The number of para-hydroxylation sites is 1. The van der Waals surface area contributed by atoms with Crippen molar-refractivity contribution in [3.63, 3.8) is 0 Å². The molecule has 1 heterocycles. The van der Waals surface area contributed by atoms with Crippen molar-refractivity contribution in [3.05, 3.63) is 60.7 Å². The molecule has 0 bridgehead atoms. The number of ether oxygens (including phenoxy) is 2. The Bertz CT molecular complexity index is 1040. The molecule has 0 spiro atoms. The van der Waals surface area contributed by atoms with Crippen molar-refractivity contribution >= 4 is 33.7 Å².